The SMILES string of the molecule is CCCNC(CN1CC(C)OC(C)(C)C1)C(=O)OCC. The molecule has 2 unspecified atom stereocenters. The number of nitrogens with zero attached hydrogens (tertiary/aromatic N) is 1. The molecular weight excluding hydrogens is 256 g/mol. The first kappa shape index (κ1) is 17.4. The van der Waals surface area contributed by atoms with Gasteiger partial charge in [-0.3, -0.25) is 9.69 Å². The van der Waals surface area contributed by atoms with E-state index in [0.29, 0.717) is 13.2 Å². The molecule has 1 rings (SSSR count). The van der Waals surface area contributed by atoms with Crippen LogP contribution in [0.15, 0.2) is 0 Å². The van der Waals surface area contributed by atoms with Crippen molar-refractivity contribution >= 4 is 5.97 Å². The Bertz CT molecular complexity index is 307. The van der Waals surface area contributed by atoms with Crippen molar-refractivity contribution in [1.82, 2.24) is 10.2 Å². The normalized spacial score (nSPS) is 24.4. The fourth-order valence-corrected chi connectivity index (χ4v) is 2.77. The Balaban J connectivity index is 2.60. The Morgan fingerprint density at radius 3 is 2.75 bits per heavy atom. The molecule has 1 aliphatic heterocycles. The number of ether oxygens (including phenoxy) is 2. The second kappa shape index (κ2) is 7.96. The van der Waals surface area contributed by atoms with Crippen LogP contribution in [0.3, 0.4) is 0 Å². The van der Waals surface area contributed by atoms with Gasteiger partial charge >= 0.3 is 5.97 Å². The maximum atomic E-state index is 12.0. The van der Waals surface area contributed by atoms with Crippen LogP contribution in [0, 0.1) is 0 Å². The van der Waals surface area contributed by atoms with E-state index in [4.69, 9.17) is 9.47 Å². The van der Waals surface area contributed by atoms with E-state index in [2.05, 4.69) is 37.9 Å². The van der Waals surface area contributed by atoms with E-state index in [1.807, 2.05) is 6.92 Å². The average molecular weight is 286 g/mol. The third kappa shape index (κ3) is 5.77. The van der Waals surface area contributed by atoms with Crippen LogP contribution in [0.5, 0.6) is 0 Å². The van der Waals surface area contributed by atoms with Gasteiger partial charge in [-0.15, -0.1) is 0 Å². The summed E-state index contributed by atoms with van der Waals surface area (Å²) < 4.78 is 11.1. The number of esters is 1. The van der Waals surface area contributed by atoms with Crippen LogP contribution in [0.2, 0.25) is 0 Å². The van der Waals surface area contributed by atoms with Crippen molar-refractivity contribution in [1.29, 1.82) is 0 Å². The van der Waals surface area contributed by atoms with Crippen molar-refractivity contribution in [3.05, 3.63) is 0 Å². The maximum Gasteiger partial charge on any atom is 0.324 e. The highest BCUT2D eigenvalue weighted by Crippen LogP contribution is 2.20. The largest absolute Gasteiger partial charge is 0.465 e. The molecule has 2 atom stereocenters. The van der Waals surface area contributed by atoms with E-state index in [-0.39, 0.29) is 23.7 Å². The predicted octanol–water partition coefficient (Wildman–Crippen LogP) is 1.42. The first-order valence-electron chi connectivity index (χ1n) is 7.68. The van der Waals surface area contributed by atoms with Crippen molar-refractivity contribution in [2.24, 2.45) is 0 Å². The summed E-state index contributed by atoms with van der Waals surface area (Å²) in [6.07, 6.45) is 1.19. The number of hydrogen-bond donors (Lipinski definition) is 1. The van der Waals surface area contributed by atoms with Gasteiger partial charge in [-0.05, 0) is 40.7 Å². The summed E-state index contributed by atoms with van der Waals surface area (Å²) in [7, 11) is 0. The summed E-state index contributed by atoms with van der Waals surface area (Å²) in [5, 5.41) is 3.29. The zero-order valence-corrected chi connectivity index (χ0v) is 13.6. The zero-order chi connectivity index (χ0) is 15.2. The minimum atomic E-state index is -0.254. The zero-order valence-electron chi connectivity index (χ0n) is 13.6. The molecule has 20 heavy (non-hydrogen) atoms. The van der Waals surface area contributed by atoms with Crippen molar-refractivity contribution in [3.63, 3.8) is 0 Å². The fourth-order valence-electron chi connectivity index (χ4n) is 2.77. The lowest BCUT2D eigenvalue weighted by molar-refractivity contribution is -0.150. The van der Waals surface area contributed by atoms with E-state index < -0.39 is 0 Å². The van der Waals surface area contributed by atoms with Gasteiger partial charge in [-0.2, -0.15) is 0 Å². The minimum absolute atomic E-state index is 0.155. The highest BCUT2D eigenvalue weighted by atomic mass is 16.5. The molecule has 0 aromatic carbocycles. The fraction of sp³-hybridized carbons (Fsp3) is 0.933. The van der Waals surface area contributed by atoms with Crippen LogP contribution >= 0.6 is 0 Å². The number of morpholine rings is 1. The van der Waals surface area contributed by atoms with Crippen LogP contribution in [-0.4, -0.2) is 61.4 Å². The molecule has 0 amide bonds. The Labute approximate surface area is 123 Å². The maximum absolute atomic E-state index is 12.0. The van der Waals surface area contributed by atoms with Gasteiger partial charge in [0.25, 0.3) is 0 Å². The van der Waals surface area contributed by atoms with Gasteiger partial charge in [0.2, 0.25) is 0 Å². The lowest BCUT2D eigenvalue weighted by Gasteiger charge is -2.42. The summed E-state index contributed by atoms with van der Waals surface area (Å²) in [4.78, 5) is 14.3. The highest BCUT2D eigenvalue weighted by Gasteiger charge is 2.33. The molecule has 1 saturated heterocycles. The van der Waals surface area contributed by atoms with E-state index in [1.165, 1.54) is 0 Å². The first-order chi connectivity index (χ1) is 9.38. The molecular formula is C15H30N2O3. The van der Waals surface area contributed by atoms with E-state index in [0.717, 1.165) is 26.1 Å². The number of carbonyl (C=O) groups excluding carboxylic acids is 1. The summed E-state index contributed by atoms with van der Waals surface area (Å²) >= 11 is 0. The molecule has 1 fully saturated rings. The minimum Gasteiger partial charge on any atom is -0.465 e. The molecule has 118 valence electrons. The van der Waals surface area contributed by atoms with E-state index in [1.54, 1.807) is 0 Å². The van der Waals surface area contributed by atoms with Crippen LogP contribution < -0.4 is 5.32 Å². The molecule has 5 heteroatoms. The molecule has 0 radical (unpaired) electrons. The van der Waals surface area contributed by atoms with Gasteiger partial charge < -0.3 is 14.8 Å². The molecule has 5 nitrogen and oxygen atoms in total. The molecule has 0 spiro atoms. The third-order valence-corrected chi connectivity index (χ3v) is 3.29. The Kier molecular flexibility index (Phi) is 6.92. The van der Waals surface area contributed by atoms with Crippen LogP contribution in [0.25, 0.3) is 0 Å². The van der Waals surface area contributed by atoms with Gasteiger partial charge in [0.05, 0.1) is 18.3 Å². The summed E-state index contributed by atoms with van der Waals surface area (Å²) in [5.74, 6) is -0.155. The van der Waals surface area contributed by atoms with E-state index >= 15 is 0 Å². The van der Waals surface area contributed by atoms with Gasteiger partial charge in [0.15, 0.2) is 0 Å². The van der Waals surface area contributed by atoms with Gasteiger partial charge in [0, 0.05) is 19.6 Å². The topological polar surface area (TPSA) is 50.8 Å². The average Bonchev–Trinajstić information content (AvgIpc) is 2.32. The Hall–Kier alpha value is -0.650. The lowest BCUT2D eigenvalue weighted by Crippen LogP contribution is -2.56. The molecule has 0 aliphatic carbocycles. The van der Waals surface area contributed by atoms with Crippen molar-refractivity contribution < 1.29 is 14.3 Å². The van der Waals surface area contributed by atoms with Crippen molar-refractivity contribution in [2.75, 3.05) is 32.8 Å². The number of rotatable bonds is 7. The number of nitrogens with one attached hydrogen (secondary N) is 1. The predicted molar refractivity (Wildman–Crippen MR) is 79.8 cm³/mol. The molecule has 1 N–H and O–H groups in total. The summed E-state index contributed by atoms with van der Waals surface area (Å²) in [6, 6.07) is -0.254. The quantitative estimate of drug-likeness (QED) is 0.717. The second-order valence-corrected chi connectivity index (χ2v) is 6.14. The smallest absolute Gasteiger partial charge is 0.324 e. The molecule has 1 heterocycles. The van der Waals surface area contributed by atoms with Crippen molar-refractivity contribution in [2.45, 2.75) is 58.8 Å². The van der Waals surface area contributed by atoms with Crippen LogP contribution in [0.1, 0.15) is 41.0 Å². The summed E-state index contributed by atoms with van der Waals surface area (Å²) in [5.41, 5.74) is -0.165. The van der Waals surface area contributed by atoms with E-state index in [9.17, 15) is 4.79 Å². The van der Waals surface area contributed by atoms with Crippen LogP contribution in [-0.2, 0) is 14.3 Å². The molecule has 0 aromatic rings. The molecule has 1 aliphatic rings. The Morgan fingerprint density at radius 2 is 2.20 bits per heavy atom. The molecule has 0 saturated carbocycles. The van der Waals surface area contributed by atoms with Crippen LogP contribution in [0.4, 0.5) is 0 Å². The second-order valence-electron chi connectivity index (χ2n) is 6.14. The monoisotopic (exact) mass is 286 g/mol. The molecule has 0 bridgehead atoms. The highest BCUT2D eigenvalue weighted by molar-refractivity contribution is 5.76. The Morgan fingerprint density at radius 1 is 1.50 bits per heavy atom. The molecule has 0 aromatic heterocycles. The van der Waals surface area contributed by atoms with Gasteiger partial charge in [-0.25, -0.2) is 0 Å². The van der Waals surface area contributed by atoms with Crippen molar-refractivity contribution in [3.8, 4) is 0 Å². The number of carbonyl (C=O) groups is 1. The first-order valence-corrected chi connectivity index (χ1v) is 7.68. The van der Waals surface area contributed by atoms with Gasteiger partial charge in [-0.1, -0.05) is 6.92 Å². The lowest BCUT2D eigenvalue weighted by atomic mass is 10.0. The summed E-state index contributed by atoms with van der Waals surface area (Å²) in [6.45, 7) is 13.8. The van der Waals surface area contributed by atoms with Gasteiger partial charge in [0.1, 0.15) is 6.04 Å². The standard InChI is InChI=1S/C15H30N2O3/c1-6-8-16-13(14(18)19-7-2)10-17-9-12(3)20-15(4,5)11-17/h12-13,16H,6-11H2,1-5H3. The third-order valence-electron chi connectivity index (χ3n) is 3.29. The number of hydrogen-bond acceptors (Lipinski definition) is 5.